The SMILES string of the molecule is CC(C)[NH+](CC[NH2+]C[C@H](O)COc1ccc(C#N)cc1)C(C)C. The molecule has 0 aliphatic heterocycles. The van der Waals surface area contributed by atoms with E-state index in [1.54, 1.807) is 29.2 Å². The maximum Gasteiger partial charge on any atom is 0.137 e. The zero-order chi connectivity index (χ0) is 17.2. The van der Waals surface area contributed by atoms with E-state index in [1.165, 1.54) is 0 Å². The smallest absolute Gasteiger partial charge is 0.137 e. The molecule has 4 N–H and O–H groups in total. The van der Waals surface area contributed by atoms with Gasteiger partial charge in [0.25, 0.3) is 0 Å². The van der Waals surface area contributed by atoms with Crippen LogP contribution in [-0.4, -0.2) is 49.5 Å². The number of hydrogen-bond donors (Lipinski definition) is 3. The molecular formula is C18H31N3O2+2. The van der Waals surface area contributed by atoms with E-state index in [0.717, 1.165) is 13.1 Å². The minimum atomic E-state index is -0.493. The Kier molecular flexibility index (Phi) is 8.64. The third-order valence-electron chi connectivity index (χ3n) is 3.98. The molecule has 1 aromatic rings. The standard InChI is InChI=1S/C18H29N3O2/c1-14(2)21(15(3)4)10-9-20-12-17(22)13-23-18-7-5-16(11-19)6-8-18/h5-8,14-15,17,20,22H,9-10,12-13H2,1-4H3/p+2/t17-/m0/s1. The molecule has 0 saturated heterocycles. The van der Waals surface area contributed by atoms with Crippen LogP contribution in [0.2, 0.25) is 0 Å². The Bertz CT molecular complexity index is 472. The predicted molar refractivity (Wildman–Crippen MR) is 90.4 cm³/mol. The van der Waals surface area contributed by atoms with E-state index in [4.69, 9.17) is 10.00 Å². The summed E-state index contributed by atoms with van der Waals surface area (Å²) in [6, 6.07) is 10.2. The highest BCUT2D eigenvalue weighted by Crippen LogP contribution is 2.11. The first kappa shape index (κ1) is 19.4. The Labute approximate surface area is 139 Å². The van der Waals surface area contributed by atoms with E-state index in [2.05, 4.69) is 39.1 Å². The summed E-state index contributed by atoms with van der Waals surface area (Å²) in [6.07, 6.45) is -0.493. The van der Waals surface area contributed by atoms with Gasteiger partial charge >= 0.3 is 0 Å². The first-order valence-corrected chi connectivity index (χ1v) is 8.42. The fraction of sp³-hybridized carbons (Fsp3) is 0.611. The van der Waals surface area contributed by atoms with E-state index in [9.17, 15) is 5.11 Å². The number of nitrogens with zero attached hydrogens (tertiary/aromatic N) is 1. The Morgan fingerprint density at radius 2 is 1.78 bits per heavy atom. The molecule has 0 bridgehead atoms. The maximum atomic E-state index is 9.98. The van der Waals surface area contributed by atoms with Crippen molar-refractivity contribution >= 4 is 0 Å². The average Bonchev–Trinajstić information content (AvgIpc) is 2.52. The van der Waals surface area contributed by atoms with Crippen LogP contribution in [-0.2, 0) is 0 Å². The molecule has 0 aliphatic carbocycles. The van der Waals surface area contributed by atoms with Gasteiger partial charge in [-0.05, 0) is 52.0 Å². The van der Waals surface area contributed by atoms with Gasteiger partial charge in [0.2, 0.25) is 0 Å². The highest BCUT2D eigenvalue weighted by Gasteiger charge is 2.17. The Balaban J connectivity index is 2.21. The first-order valence-electron chi connectivity index (χ1n) is 8.42. The second-order valence-corrected chi connectivity index (χ2v) is 6.55. The van der Waals surface area contributed by atoms with Crippen molar-refractivity contribution in [3.8, 4) is 11.8 Å². The first-order chi connectivity index (χ1) is 10.9. The van der Waals surface area contributed by atoms with Crippen LogP contribution in [0.3, 0.4) is 0 Å². The van der Waals surface area contributed by atoms with Crippen LogP contribution >= 0.6 is 0 Å². The van der Waals surface area contributed by atoms with Gasteiger partial charge in [0.05, 0.1) is 23.7 Å². The van der Waals surface area contributed by atoms with Crippen molar-refractivity contribution in [1.29, 1.82) is 5.26 Å². The van der Waals surface area contributed by atoms with E-state index >= 15 is 0 Å². The summed E-state index contributed by atoms with van der Waals surface area (Å²) in [5.41, 5.74) is 0.605. The molecule has 5 nitrogen and oxygen atoms in total. The molecule has 0 amide bonds. The summed E-state index contributed by atoms with van der Waals surface area (Å²) in [5, 5.41) is 20.9. The molecule has 0 heterocycles. The number of benzene rings is 1. The molecule has 128 valence electrons. The van der Waals surface area contributed by atoms with Gasteiger partial charge in [-0.15, -0.1) is 0 Å². The van der Waals surface area contributed by atoms with E-state index in [-0.39, 0.29) is 6.61 Å². The van der Waals surface area contributed by atoms with Crippen LogP contribution in [0, 0.1) is 11.3 Å². The number of ether oxygens (including phenoxy) is 1. The van der Waals surface area contributed by atoms with E-state index in [1.807, 2.05) is 0 Å². The van der Waals surface area contributed by atoms with Crippen molar-refractivity contribution < 1.29 is 20.1 Å². The van der Waals surface area contributed by atoms with Crippen molar-refractivity contribution in [1.82, 2.24) is 0 Å². The molecular weight excluding hydrogens is 290 g/mol. The molecule has 0 fully saturated rings. The highest BCUT2D eigenvalue weighted by atomic mass is 16.5. The molecule has 0 spiro atoms. The van der Waals surface area contributed by atoms with Crippen LogP contribution < -0.4 is 15.0 Å². The van der Waals surface area contributed by atoms with Crippen LogP contribution in [0.4, 0.5) is 0 Å². The molecule has 0 unspecified atom stereocenters. The minimum absolute atomic E-state index is 0.271. The topological polar surface area (TPSA) is 74.3 Å². The van der Waals surface area contributed by atoms with Gasteiger partial charge < -0.3 is 20.1 Å². The Morgan fingerprint density at radius 3 is 2.30 bits per heavy atom. The van der Waals surface area contributed by atoms with Gasteiger partial charge in [-0.3, -0.25) is 0 Å². The van der Waals surface area contributed by atoms with Crippen molar-refractivity contribution in [3.05, 3.63) is 29.8 Å². The maximum absolute atomic E-state index is 9.98. The van der Waals surface area contributed by atoms with Crippen molar-refractivity contribution in [2.45, 2.75) is 45.9 Å². The van der Waals surface area contributed by atoms with Crippen LogP contribution in [0.25, 0.3) is 0 Å². The minimum Gasteiger partial charge on any atom is -0.491 e. The summed E-state index contributed by atoms with van der Waals surface area (Å²) in [7, 11) is 0. The number of quaternary nitrogens is 2. The number of nitrogens with two attached hydrogens (primary N) is 1. The number of nitrogens with one attached hydrogen (secondary N) is 1. The Hall–Kier alpha value is -1.61. The molecule has 0 aromatic heterocycles. The fourth-order valence-electron chi connectivity index (χ4n) is 2.71. The van der Waals surface area contributed by atoms with Crippen LogP contribution in [0.15, 0.2) is 24.3 Å². The molecule has 1 atom stereocenters. The summed E-state index contributed by atoms with van der Waals surface area (Å²) in [5.74, 6) is 0.679. The average molecular weight is 321 g/mol. The quantitative estimate of drug-likeness (QED) is 0.512. The number of aliphatic hydroxyl groups excluding tert-OH is 1. The normalized spacial score (nSPS) is 12.7. The number of nitriles is 1. The molecule has 0 aliphatic rings. The van der Waals surface area contributed by atoms with Crippen LogP contribution in [0.1, 0.15) is 33.3 Å². The second kappa shape index (κ2) is 10.2. The molecule has 5 heteroatoms. The van der Waals surface area contributed by atoms with Gasteiger partial charge in [0.15, 0.2) is 0 Å². The van der Waals surface area contributed by atoms with Gasteiger partial charge in [0, 0.05) is 0 Å². The zero-order valence-corrected chi connectivity index (χ0v) is 14.7. The summed E-state index contributed by atoms with van der Waals surface area (Å²) < 4.78 is 5.54. The largest absolute Gasteiger partial charge is 0.491 e. The van der Waals surface area contributed by atoms with E-state index < -0.39 is 6.10 Å². The number of rotatable bonds is 10. The highest BCUT2D eigenvalue weighted by molar-refractivity contribution is 5.34. The lowest BCUT2D eigenvalue weighted by Crippen LogP contribution is -3.19. The third-order valence-corrected chi connectivity index (χ3v) is 3.98. The second-order valence-electron chi connectivity index (χ2n) is 6.55. The summed E-state index contributed by atoms with van der Waals surface area (Å²) in [4.78, 5) is 1.59. The van der Waals surface area contributed by atoms with Crippen LogP contribution in [0.5, 0.6) is 5.75 Å². The third kappa shape index (κ3) is 7.47. The van der Waals surface area contributed by atoms with Gasteiger partial charge in [-0.2, -0.15) is 5.26 Å². The fourth-order valence-corrected chi connectivity index (χ4v) is 2.71. The lowest BCUT2D eigenvalue weighted by molar-refractivity contribution is -0.952. The van der Waals surface area contributed by atoms with Crippen molar-refractivity contribution in [3.63, 3.8) is 0 Å². The predicted octanol–water partition coefficient (Wildman–Crippen LogP) is -0.437. The van der Waals surface area contributed by atoms with Gasteiger partial charge in [-0.1, -0.05) is 0 Å². The molecule has 1 rings (SSSR count). The molecule has 0 radical (unpaired) electrons. The van der Waals surface area contributed by atoms with E-state index in [0.29, 0.717) is 29.9 Å². The lowest BCUT2D eigenvalue weighted by atomic mass is 10.2. The molecule has 23 heavy (non-hydrogen) atoms. The number of hydrogen-bond acceptors (Lipinski definition) is 3. The van der Waals surface area contributed by atoms with Gasteiger partial charge in [-0.25, -0.2) is 0 Å². The Morgan fingerprint density at radius 1 is 1.17 bits per heavy atom. The molecule has 0 saturated carbocycles. The van der Waals surface area contributed by atoms with Gasteiger partial charge in [0.1, 0.15) is 38.1 Å². The summed E-state index contributed by atoms with van der Waals surface area (Å²) >= 11 is 0. The monoisotopic (exact) mass is 321 g/mol. The zero-order valence-electron chi connectivity index (χ0n) is 14.7. The lowest BCUT2D eigenvalue weighted by Gasteiger charge is -2.26. The van der Waals surface area contributed by atoms with Crippen molar-refractivity contribution in [2.75, 3.05) is 26.2 Å². The van der Waals surface area contributed by atoms with Crippen molar-refractivity contribution in [2.24, 2.45) is 0 Å². The molecule has 1 aromatic carbocycles. The summed E-state index contributed by atoms with van der Waals surface area (Å²) in [6.45, 7) is 12.0. The number of aliphatic hydroxyl groups is 1.